The summed E-state index contributed by atoms with van der Waals surface area (Å²) in [5.41, 5.74) is 7.98. The van der Waals surface area contributed by atoms with Crippen molar-refractivity contribution in [1.82, 2.24) is 40.4 Å². The third kappa shape index (κ3) is 7.71. The van der Waals surface area contributed by atoms with Crippen LogP contribution in [0.4, 0.5) is 9.59 Å². The normalized spacial score (nSPS) is 20.6. The number of aromatic nitrogens is 4. The van der Waals surface area contributed by atoms with Gasteiger partial charge in [0, 0.05) is 50.2 Å². The number of nitrogens with zero attached hydrogens (tertiary/aromatic N) is 4. The van der Waals surface area contributed by atoms with E-state index in [1.54, 1.807) is 17.3 Å². The number of methoxy groups -OCH3 is 2. The van der Waals surface area contributed by atoms with E-state index < -0.39 is 24.3 Å². The van der Waals surface area contributed by atoms with Gasteiger partial charge in [0.1, 0.15) is 48.4 Å². The molecule has 4 amide bonds. The molecular weight excluding hydrogens is 805 g/mol. The van der Waals surface area contributed by atoms with Crippen LogP contribution in [0.1, 0.15) is 97.7 Å². The van der Waals surface area contributed by atoms with E-state index in [1.807, 2.05) is 68.1 Å². The molecular formula is C47H58N8O8. The molecule has 5 aromatic rings. The first kappa shape index (κ1) is 41.5. The van der Waals surface area contributed by atoms with Gasteiger partial charge in [-0.2, -0.15) is 0 Å². The quantitative estimate of drug-likeness (QED) is 0.107. The molecule has 9 rings (SSSR count). The van der Waals surface area contributed by atoms with Gasteiger partial charge in [0.25, 0.3) is 5.91 Å². The molecule has 0 aliphatic carbocycles. The summed E-state index contributed by atoms with van der Waals surface area (Å²) in [5, 5.41) is 5.46. The average molecular weight is 863 g/mol. The van der Waals surface area contributed by atoms with Crippen LogP contribution in [0.25, 0.3) is 33.6 Å². The van der Waals surface area contributed by atoms with Crippen LogP contribution in [0, 0.1) is 11.8 Å². The first-order valence-electron chi connectivity index (χ1n) is 21.5. The lowest BCUT2D eigenvalue weighted by Gasteiger charge is -2.33. The predicted molar refractivity (Wildman–Crippen MR) is 237 cm³/mol. The lowest BCUT2D eigenvalue weighted by Crippen LogP contribution is -2.52. The molecule has 6 atom stereocenters. The molecule has 2 aromatic heterocycles. The molecule has 0 radical (unpaired) electrons. The standard InChI is InChI=1S/C47H52N8O8.3H2/c1-24(2)40(52-46(58)60-5)45(57)55-26(4)12-13-34(55)42-48-19-32(50-42)28-15-30-22-63-37-18-29(16-31-23-62-36(17-28)38(30)39(31)37)33-20-49-43(51-33)35-14-25(3)21-54(35)44(56)41(53-47(59)61-6)27-10-8-7-9-11-27;;;/h7-11,15-20,24-26,34-35,40-41H,12-14,21-23H2,1-6H3,(H,48,50)(H,49,51)(H,52,58)(H,53,59);3*1H/t25-,26-,34-,35-,40-,41+;;;/m0.../s1. The highest BCUT2D eigenvalue weighted by Gasteiger charge is 2.42. The molecule has 0 unspecified atom stereocenters. The Morgan fingerprint density at radius 3 is 1.92 bits per heavy atom. The predicted octanol–water partition coefficient (Wildman–Crippen LogP) is 8.10. The number of alkyl carbamates (subject to hydrolysis) is 2. The van der Waals surface area contributed by atoms with E-state index in [0.29, 0.717) is 43.4 Å². The minimum absolute atomic E-state index is 0. The number of H-pyrrole nitrogens is 2. The van der Waals surface area contributed by atoms with Crippen molar-refractivity contribution in [2.45, 2.75) is 90.4 Å². The fourth-order valence-electron chi connectivity index (χ4n) is 9.60. The fraction of sp³-hybridized carbons (Fsp3) is 0.404. The van der Waals surface area contributed by atoms with Crippen molar-refractivity contribution in [1.29, 1.82) is 0 Å². The Kier molecular flexibility index (Phi) is 11.1. The van der Waals surface area contributed by atoms with Crippen molar-refractivity contribution >= 4 is 24.0 Å². The van der Waals surface area contributed by atoms with Crippen LogP contribution in [0.5, 0.6) is 11.5 Å². The molecule has 4 aliphatic heterocycles. The summed E-state index contributed by atoms with van der Waals surface area (Å²) in [6, 6.07) is 15.1. The number of ether oxygens (including phenoxy) is 4. The van der Waals surface area contributed by atoms with Crippen molar-refractivity contribution in [3.63, 3.8) is 0 Å². The van der Waals surface area contributed by atoms with Crippen LogP contribution >= 0.6 is 0 Å². The van der Waals surface area contributed by atoms with Crippen LogP contribution in [0.3, 0.4) is 0 Å². The van der Waals surface area contributed by atoms with Crippen LogP contribution in [-0.2, 0) is 32.3 Å². The number of nitrogens with one attached hydrogen (secondary N) is 4. The molecule has 6 heterocycles. The largest absolute Gasteiger partial charge is 0.488 e. The lowest BCUT2D eigenvalue weighted by molar-refractivity contribution is -0.137. The molecule has 2 saturated heterocycles. The summed E-state index contributed by atoms with van der Waals surface area (Å²) in [6.07, 6.45) is 4.51. The molecule has 4 aliphatic rings. The number of imidazole rings is 2. The smallest absolute Gasteiger partial charge is 0.407 e. The third-order valence-electron chi connectivity index (χ3n) is 12.8. The highest BCUT2D eigenvalue weighted by Crippen LogP contribution is 2.51. The summed E-state index contributed by atoms with van der Waals surface area (Å²) in [4.78, 5) is 72.8. The molecule has 0 saturated carbocycles. The van der Waals surface area contributed by atoms with Gasteiger partial charge in [0.2, 0.25) is 5.91 Å². The number of aromatic amines is 2. The van der Waals surface area contributed by atoms with E-state index in [2.05, 4.69) is 39.7 Å². The molecule has 16 heteroatoms. The first-order chi connectivity index (χ1) is 30.4. The van der Waals surface area contributed by atoms with Crippen molar-refractivity contribution in [2.24, 2.45) is 11.8 Å². The van der Waals surface area contributed by atoms with Gasteiger partial charge >= 0.3 is 12.2 Å². The third-order valence-corrected chi connectivity index (χ3v) is 12.8. The topological polar surface area (TPSA) is 193 Å². The van der Waals surface area contributed by atoms with Gasteiger partial charge in [-0.15, -0.1) is 0 Å². The van der Waals surface area contributed by atoms with E-state index in [1.165, 1.54) is 14.2 Å². The Labute approximate surface area is 369 Å². The molecule has 16 nitrogen and oxygen atoms in total. The zero-order valence-electron chi connectivity index (χ0n) is 36.2. The number of amides is 4. The van der Waals surface area contributed by atoms with Crippen molar-refractivity contribution in [2.75, 3.05) is 20.8 Å². The number of hydrogen-bond donors (Lipinski definition) is 4. The van der Waals surface area contributed by atoms with E-state index in [4.69, 9.17) is 28.9 Å². The summed E-state index contributed by atoms with van der Waals surface area (Å²) < 4.78 is 22.6. The monoisotopic (exact) mass is 862 g/mol. The Bertz CT molecular complexity index is 2540. The minimum Gasteiger partial charge on any atom is -0.488 e. The molecule has 0 spiro atoms. The molecule has 334 valence electrons. The maximum absolute atomic E-state index is 14.2. The van der Waals surface area contributed by atoms with Gasteiger partial charge in [0.15, 0.2) is 0 Å². The number of benzene rings is 3. The second-order valence-electron chi connectivity index (χ2n) is 17.3. The zero-order valence-corrected chi connectivity index (χ0v) is 36.2. The molecule has 4 N–H and O–H groups in total. The molecule has 0 bridgehead atoms. The zero-order chi connectivity index (χ0) is 44.1. The first-order valence-corrected chi connectivity index (χ1v) is 21.5. The van der Waals surface area contributed by atoms with Crippen molar-refractivity contribution in [3.05, 3.63) is 95.3 Å². The number of hydrogen-bond acceptors (Lipinski definition) is 10. The van der Waals surface area contributed by atoms with Gasteiger partial charge in [-0.1, -0.05) is 51.1 Å². The number of rotatable bonds is 10. The number of carbonyl (C=O) groups excluding carboxylic acids is 4. The average Bonchev–Trinajstić information content (AvgIpc) is 4.13. The van der Waals surface area contributed by atoms with Gasteiger partial charge in [-0.05, 0) is 67.9 Å². The summed E-state index contributed by atoms with van der Waals surface area (Å²) in [5.74, 6) is 2.52. The van der Waals surface area contributed by atoms with Crippen LogP contribution < -0.4 is 20.1 Å². The van der Waals surface area contributed by atoms with Crippen LogP contribution in [-0.4, -0.2) is 86.6 Å². The highest BCUT2D eigenvalue weighted by molar-refractivity contribution is 5.90. The van der Waals surface area contributed by atoms with Crippen LogP contribution in [0.15, 0.2) is 67.0 Å². The Balaban J connectivity index is 0.00000240. The van der Waals surface area contributed by atoms with E-state index in [9.17, 15) is 19.2 Å². The Morgan fingerprint density at radius 1 is 0.778 bits per heavy atom. The highest BCUT2D eigenvalue weighted by atomic mass is 16.5. The molecule has 2 fully saturated rings. The van der Waals surface area contributed by atoms with Gasteiger partial charge in [-0.25, -0.2) is 19.6 Å². The Morgan fingerprint density at radius 2 is 1.35 bits per heavy atom. The number of likely N-dealkylation sites (tertiary alicyclic amines) is 2. The van der Waals surface area contributed by atoms with E-state index in [0.717, 1.165) is 69.1 Å². The lowest BCUT2D eigenvalue weighted by atomic mass is 9.87. The second kappa shape index (κ2) is 16.8. The van der Waals surface area contributed by atoms with Crippen molar-refractivity contribution in [3.8, 4) is 45.1 Å². The SMILES string of the molecule is COC(=O)N[C@H](C(=O)N1[C@@H](C)CC[C@H]1c1ncc(-c2cc3c4c(c2)OCc2cc(-c5cnc([C@@H]6C[C@H](C)CN6C(=O)[C@H](NC(=O)OC)c6ccccc6)[nH]5)cc(c2-4)OC3)[nH]1)C(C)C.[HH].[HH].[HH]. The fourth-order valence-corrected chi connectivity index (χ4v) is 9.60. The van der Waals surface area contributed by atoms with E-state index >= 15 is 0 Å². The molecule has 3 aromatic carbocycles. The summed E-state index contributed by atoms with van der Waals surface area (Å²) >= 11 is 0. The number of carbonyl (C=O) groups is 4. The Hall–Kier alpha value is -6.84. The molecule has 63 heavy (non-hydrogen) atoms. The summed E-state index contributed by atoms with van der Waals surface area (Å²) in [7, 11) is 2.57. The maximum Gasteiger partial charge on any atom is 0.407 e. The van der Waals surface area contributed by atoms with Gasteiger partial charge in [-0.3, -0.25) is 9.59 Å². The van der Waals surface area contributed by atoms with Crippen LogP contribution in [0.2, 0.25) is 0 Å². The maximum atomic E-state index is 14.2. The van der Waals surface area contributed by atoms with E-state index in [-0.39, 0.29) is 46.1 Å². The second-order valence-corrected chi connectivity index (χ2v) is 17.3. The minimum atomic E-state index is -0.918. The van der Waals surface area contributed by atoms with Gasteiger partial charge in [0.05, 0.1) is 50.1 Å². The van der Waals surface area contributed by atoms with Crippen molar-refractivity contribution < 1.29 is 42.4 Å². The summed E-state index contributed by atoms with van der Waals surface area (Å²) in [6.45, 7) is 9.10. The van der Waals surface area contributed by atoms with Gasteiger partial charge < -0.3 is 49.3 Å².